The Labute approximate surface area is 122 Å². The molecule has 0 radical (unpaired) electrons. The number of nitrogens with zero attached hydrogens (tertiary/aromatic N) is 1. The number of aromatic amines is 1. The number of anilines is 1. The summed E-state index contributed by atoms with van der Waals surface area (Å²) in [5.74, 6) is -1.10. The third-order valence-corrected chi connectivity index (χ3v) is 3.34. The average Bonchev–Trinajstić information content (AvgIpc) is 2.81. The second-order valence-electron chi connectivity index (χ2n) is 5.02. The van der Waals surface area contributed by atoms with Crippen LogP contribution in [0.5, 0.6) is 0 Å². The number of nitrogens with one attached hydrogen (secondary N) is 4. The number of hydrogen-bond acceptors (Lipinski definition) is 4. The van der Waals surface area contributed by atoms with Crippen molar-refractivity contribution in [2.24, 2.45) is 0 Å². The molecule has 1 aromatic rings. The molecular formula is C13H21N5O3. The normalized spacial score (nSPS) is 15.7. The molecule has 8 nitrogen and oxygen atoms in total. The van der Waals surface area contributed by atoms with E-state index in [-0.39, 0.29) is 11.4 Å². The third-order valence-electron chi connectivity index (χ3n) is 3.34. The highest BCUT2D eigenvalue weighted by molar-refractivity contribution is 5.99. The van der Waals surface area contributed by atoms with Gasteiger partial charge in [-0.25, -0.2) is 9.59 Å². The quantitative estimate of drug-likeness (QED) is 0.527. The van der Waals surface area contributed by atoms with E-state index in [1.165, 1.54) is 0 Å². The van der Waals surface area contributed by atoms with Gasteiger partial charge in [-0.15, -0.1) is 0 Å². The molecule has 0 aliphatic carbocycles. The van der Waals surface area contributed by atoms with Crippen LogP contribution < -0.4 is 16.0 Å². The summed E-state index contributed by atoms with van der Waals surface area (Å²) < 4.78 is 0. The van der Waals surface area contributed by atoms with Crippen LogP contribution in [0, 0.1) is 6.92 Å². The van der Waals surface area contributed by atoms with E-state index in [0.29, 0.717) is 12.2 Å². The monoisotopic (exact) mass is 295 g/mol. The molecule has 8 heteroatoms. The van der Waals surface area contributed by atoms with Gasteiger partial charge in [0.2, 0.25) is 0 Å². The minimum atomic E-state index is -1.10. The molecular weight excluding hydrogens is 274 g/mol. The summed E-state index contributed by atoms with van der Waals surface area (Å²) in [4.78, 5) is 27.8. The van der Waals surface area contributed by atoms with Crippen molar-refractivity contribution < 1.29 is 14.7 Å². The molecule has 0 atom stereocenters. The fourth-order valence-corrected chi connectivity index (χ4v) is 2.29. The molecule has 0 aromatic carbocycles. The SMILES string of the molecule is Cc1cc(NC(=O)NCCN2CCNCC2)c(C(=O)O)[nH]1. The number of H-pyrrole nitrogens is 1. The number of carbonyl (C=O) groups is 2. The van der Waals surface area contributed by atoms with Crippen LogP contribution in [0.3, 0.4) is 0 Å². The number of aromatic carboxylic acids is 1. The van der Waals surface area contributed by atoms with Crippen molar-refractivity contribution in [1.82, 2.24) is 20.5 Å². The molecule has 21 heavy (non-hydrogen) atoms. The van der Waals surface area contributed by atoms with Crippen LogP contribution in [0.4, 0.5) is 10.5 Å². The summed E-state index contributed by atoms with van der Waals surface area (Å²) in [6.07, 6.45) is 0. The maximum Gasteiger partial charge on any atom is 0.354 e. The maximum atomic E-state index is 11.8. The topological polar surface area (TPSA) is 109 Å². The van der Waals surface area contributed by atoms with Crippen molar-refractivity contribution in [3.05, 3.63) is 17.5 Å². The van der Waals surface area contributed by atoms with E-state index in [2.05, 4.69) is 25.8 Å². The smallest absolute Gasteiger partial charge is 0.354 e. The van der Waals surface area contributed by atoms with Crippen molar-refractivity contribution in [3.8, 4) is 0 Å². The summed E-state index contributed by atoms with van der Waals surface area (Å²) in [5.41, 5.74) is 0.952. The zero-order chi connectivity index (χ0) is 15.2. The Morgan fingerprint density at radius 3 is 2.76 bits per heavy atom. The molecule has 1 saturated heterocycles. The number of piperazine rings is 1. The van der Waals surface area contributed by atoms with Crippen LogP contribution >= 0.6 is 0 Å². The number of aryl methyl sites for hydroxylation is 1. The second-order valence-corrected chi connectivity index (χ2v) is 5.02. The number of amides is 2. The molecule has 2 heterocycles. The predicted molar refractivity (Wildman–Crippen MR) is 78.8 cm³/mol. The van der Waals surface area contributed by atoms with Crippen molar-refractivity contribution >= 4 is 17.7 Å². The number of aromatic nitrogens is 1. The van der Waals surface area contributed by atoms with E-state index in [4.69, 9.17) is 5.11 Å². The molecule has 116 valence electrons. The fraction of sp³-hybridized carbons (Fsp3) is 0.538. The molecule has 2 rings (SSSR count). The lowest BCUT2D eigenvalue weighted by atomic mass is 10.3. The lowest BCUT2D eigenvalue weighted by Gasteiger charge is -2.27. The molecule has 2 amide bonds. The lowest BCUT2D eigenvalue weighted by Crippen LogP contribution is -2.46. The molecule has 1 fully saturated rings. The van der Waals surface area contributed by atoms with Crippen LogP contribution in [0.2, 0.25) is 0 Å². The summed E-state index contributed by atoms with van der Waals surface area (Å²) in [7, 11) is 0. The van der Waals surface area contributed by atoms with Crippen LogP contribution in [0.1, 0.15) is 16.2 Å². The van der Waals surface area contributed by atoms with Gasteiger partial charge in [0, 0.05) is 45.0 Å². The zero-order valence-corrected chi connectivity index (χ0v) is 12.0. The summed E-state index contributed by atoms with van der Waals surface area (Å²) in [6, 6.07) is 1.20. The molecule has 1 aliphatic heterocycles. The minimum Gasteiger partial charge on any atom is -0.477 e. The Hall–Kier alpha value is -2.06. The minimum absolute atomic E-state index is 0.00949. The van der Waals surface area contributed by atoms with E-state index in [1.807, 2.05) is 0 Å². The third kappa shape index (κ3) is 4.47. The molecule has 1 aliphatic rings. The van der Waals surface area contributed by atoms with Crippen LogP contribution in [0.25, 0.3) is 0 Å². The lowest BCUT2D eigenvalue weighted by molar-refractivity contribution is 0.0692. The molecule has 0 unspecified atom stereocenters. The largest absolute Gasteiger partial charge is 0.477 e. The van der Waals surface area contributed by atoms with Gasteiger partial charge >= 0.3 is 12.0 Å². The Bertz CT molecular complexity index is 508. The van der Waals surface area contributed by atoms with E-state index < -0.39 is 12.0 Å². The van der Waals surface area contributed by atoms with Crippen molar-refractivity contribution in [2.45, 2.75) is 6.92 Å². The Morgan fingerprint density at radius 2 is 2.10 bits per heavy atom. The molecule has 1 aromatic heterocycles. The van der Waals surface area contributed by atoms with E-state index in [9.17, 15) is 9.59 Å². The van der Waals surface area contributed by atoms with Gasteiger partial charge < -0.3 is 26.0 Å². The van der Waals surface area contributed by atoms with Crippen molar-refractivity contribution in [1.29, 1.82) is 0 Å². The molecule has 0 spiro atoms. The average molecular weight is 295 g/mol. The van der Waals surface area contributed by atoms with Gasteiger partial charge in [-0.05, 0) is 13.0 Å². The number of carbonyl (C=O) groups excluding carboxylic acids is 1. The number of carboxylic acids is 1. The van der Waals surface area contributed by atoms with Crippen molar-refractivity contribution in [2.75, 3.05) is 44.6 Å². The van der Waals surface area contributed by atoms with Gasteiger partial charge in [-0.2, -0.15) is 0 Å². The maximum absolute atomic E-state index is 11.8. The first-order valence-electron chi connectivity index (χ1n) is 6.97. The Kier molecular flexibility index (Phi) is 5.18. The summed E-state index contributed by atoms with van der Waals surface area (Å²) >= 11 is 0. The van der Waals surface area contributed by atoms with Crippen molar-refractivity contribution in [3.63, 3.8) is 0 Å². The molecule has 0 bridgehead atoms. The van der Waals surface area contributed by atoms with Crippen LogP contribution in [0.15, 0.2) is 6.07 Å². The van der Waals surface area contributed by atoms with Gasteiger partial charge in [0.15, 0.2) is 0 Å². The number of carboxylic acid groups (broad SMARTS) is 1. The first-order valence-corrected chi connectivity index (χ1v) is 6.97. The van der Waals surface area contributed by atoms with E-state index in [0.717, 1.165) is 32.7 Å². The number of urea groups is 1. The van der Waals surface area contributed by atoms with Gasteiger partial charge in [0.05, 0.1) is 5.69 Å². The van der Waals surface area contributed by atoms with Gasteiger partial charge in [0.1, 0.15) is 5.69 Å². The number of rotatable bonds is 5. The van der Waals surface area contributed by atoms with Crippen LogP contribution in [-0.4, -0.2) is 66.3 Å². The Morgan fingerprint density at radius 1 is 1.38 bits per heavy atom. The van der Waals surface area contributed by atoms with Gasteiger partial charge in [0.25, 0.3) is 0 Å². The van der Waals surface area contributed by atoms with E-state index in [1.54, 1.807) is 13.0 Å². The molecule has 0 saturated carbocycles. The molecule has 5 N–H and O–H groups in total. The first kappa shape index (κ1) is 15.3. The van der Waals surface area contributed by atoms with Gasteiger partial charge in [-0.3, -0.25) is 4.90 Å². The van der Waals surface area contributed by atoms with E-state index >= 15 is 0 Å². The highest BCUT2D eigenvalue weighted by Crippen LogP contribution is 2.16. The fourth-order valence-electron chi connectivity index (χ4n) is 2.29. The first-order chi connectivity index (χ1) is 10.1. The summed E-state index contributed by atoms with van der Waals surface area (Å²) in [5, 5.41) is 17.6. The highest BCUT2D eigenvalue weighted by Gasteiger charge is 2.15. The summed E-state index contributed by atoms with van der Waals surface area (Å²) in [6.45, 7) is 6.94. The van der Waals surface area contributed by atoms with Crippen LogP contribution in [-0.2, 0) is 0 Å². The number of hydrogen-bond donors (Lipinski definition) is 5. The highest BCUT2D eigenvalue weighted by atomic mass is 16.4. The predicted octanol–water partition coefficient (Wildman–Crippen LogP) is 0.0480. The standard InChI is InChI=1S/C13H21N5O3/c1-9-8-10(11(16-9)12(19)20)17-13(21)15-4-7-18-5-2-14-3-6-18/h8,14,16H,2-7H2,1H3,(H,19,20)(H2,15,17,21). The Balaban J connectivity index is 1.77. The second kappa shape index (κ2) is 7.09. The zero-order valence-electron chi connectivity index (χ0n) is 12.0. The van der Waals surface area contributed by atoms with Gasteiger partial charge in [-0.1, -0.05) is 0 Å².